The van der Waals surface area contributed by atoms with Gasteiger partial charge in [0.1, 0.15) is 0 Å². The van der Waals surface area contributed by atoms with E-state index in [2.05, 4.69) is 24.8 Å². The number of nitrogens with two attached hydrogens (primary N) is 2. The molecule has 2 rings (SSSR count). The van der Waals surface area contributed by atoms with Crippen LogP contribution in [-0.2, 0) is 13.0 Å². The summed E-state index contributed by atoms with van der Waals surface area (Å²) in [5.41, 5.74) is 16.0. The number of benzene rings is 1. The van der Waals surface area contributed by atoms with E-state index in [0.29, 0.717) is 11.7 Å². The maximum atomic E-state index is 6.06. The first kappa shape index (κ1) is 11.3. The van der Waals surface area contributed by atoms with E-state index >= 15 is 0 Å². The van der Waals surface area contributed by atoms with Crippen LogP contribution in [-0.4, -0.2) is 17.5 Å². The highest BCUT2D eigenvalue weighted by molar-refractivity contribution is 5.69. The molecular formula is C13H21N3. The number of rotatable bonds is 2. The topological polar surface area (TPSA) is 55.3 Å². The van der Waals surface area contributed by atoms with Crippen molar-refractivity contribution in [2.45, 2.75) is 39.3 Å². The van der Waals surface area contributed by atoms with Crippen molar-refractivity contribution in [1.82, 2.24) is 4.90 Å². The fourth-order valence-corrected chi connectivity index (χ4v) is 2.33. The lowest BCUT2D eigenvalue weighted by molar-refractivity contribution is 0.187. The molecule has 0 aliphatic carbocycles. The summed E-state index contributed by atoms with van der Waals surface area (Å²) in [4.78, 5) is 2.48. The van der Waals surface area contributed by atoms with Crippen LogP contribution in [0.2, 0.25) is 0 Å². The van der Waals surface area contributed by atoms with Gasteiger partial charge in [0, 0.05) is 19.1 Å². The zero-order valence-corrected chi connectivity index (χ0v) is 10.2. The molecule has 0 fully saturated rings. The Morgan fingerprint density at radius 3 is 2.81 bits per heavy atom. The van der Waals surface area contributed by atoms with E-state index in [1.165, 1.54) is 17.5 Å². The molecule has 0 aromatic heterocycles. The highest BCUT2D eigenvalue weighted by Gasteiger charge is 2.21. The van der Waals surface area contributed by atoms with Crippen LogP contribution < -0.4 is 11.5 Å². The number of nitrogens with zero attached hydrogens (tertiary/aromatic N) is 1. The number of nitrogen functional groups attached to an aromatic ring is 2. The molecule has 4 N–H and O–H groups in total. The van der Waals surface area contributed by atoms with Crippen LogP contribution in [0.4, 0.5) is 11.4 Å². The lowest BCUT2D eigenvalue weighted by Gasteiger charge is -2.34. The third-order valence-electron chi connectivity index (χ3n) is 3.73. The van der Waals surface area contributed by atoms with Gasteiger partial charge in [0.15, 0.2) is 0 Å². The van der Waals surface area contributed by atoms with E-state index in [9.17, 15) is 0 Å². The largest absolute Gasteiger partial charge is 0.397 e. The third-order valence-corrected chi connectivity index (χ3v) is 3.73. The minimum absolute atomic E-state index is 0.619. The lowest BCUT2D eigenvalue weighted by Crippen LogP contribution is -2.37. The molecule has 0 amide bonds. The zero-order valence-electron chi connectivity index (χ0n) is 10.2. The Balaban J connectivity index is 2.28. The van der Waals surface area contributed by atoms with Crippen molar-refractivity contribution in [2.75, 3.05) is 18.0 Å². The van der Waals surface area contributed by atoms with Crippen molar-refractivity contribution < 1.29 is 0 Å². The molecule has 3 heteroatoms. The monoisotopic (exact) mass is 219 g/mol. The van der Waals surface area contributed by atoms with Crippen molar-refractivity contribution in [1.29, 1.82) is 0 Å². The van der Waals surface area contributed by atoms with E-state index in [1.807, 2.05) is 6.07 Å². The SMILES string of the molecule is CC[C@@H](C)N1CCc2ccc(N)c(N)c2C1. The first-order valence-electron chi connectivity index (χ1n) is 6.03. The summed E-state index contributed by atoms with van der Waals surface area (Å²) < 4.78 is 0. The Kier molecular flexibility index (Phi) is 3.06. The van der Waals surface area contributed by atoms with Crippen LogP contribution in [0.1, 0.15) is 31.4 Å². The summed E-state index contributed by atoms with van der Waals surface area (Å²) in [6.07, 6.45) is 2.27. The molecule has 1 aliphatic heterocycles. The first-order valence-corrected chi connectivity index (χ1v) is 6.03. The molecule has 0 radical (unpaired) electrons. The van der Waals surface area contributed by atoms with Gasteiger partial charge in [0.25, 0.3) is 0 Å². The summed E-state index contributed by atoms with van der Waals surface area (Å²) >= 11 is 0. The lowest BCUT2D eigenvalue weighted by atomic mass is 9.96. The molecule has 1 heterocycles. The quantitative estimate of drug-likeness (QED) is 0.748. The van der Waals surface area contributed by atoms with Crippen molar-refractivity contribution in [3.63, 3.8) is 0 Å². The number of hydrogen-bond acceptors (Lipinski definition) is 3. The summed E-state index contributed by atoms with van der Waals surface area (Å²) in [7, 11) is 0. The fraction of sp³-hybridized carbons (Fsp3) is 0.538. The Morgan fingerprint density at radius 1 is 1.38 bits per heavy atom. The van der Waals surface area contributed by atoms with Crippen LogP contribution in [0.25, 0.3) is 0 Å². The molecule has 3 nitrogen and oxygen atoms in total. The normalized spacial score (nSPS) is 18.1. The highest BCUT2D eigenvalue weighted by atomic mass is 15.2. The molecule has 0 saturated heterocycles. The van der Waals surface area contributed by atoms with Gasteiger partial charge in [-0.25, -0.2) is 0 Å². The van der Waals surface area contributed by atoms with E-state index < -0.39 is 0 Å². The molecule has 0 bridgehead atoms. The Morgan fingerprint density at radius 2 is 2.12 bits per heavy atom. The second-order valence-electron chi connectivity index (χ2n) is 4.68. The van der Waals surface area contributed by atoms with Crippen LogP contribution in [0.5, 0.6) is 0 Å². The second kappa shape index (κ2) is 4.34. The van der Waals surface area contributed by atoms with Gasteiger partial charge in [-0.2, -0.15) is 0 Å². The maximum Gasteiger partial charge on any atom is 0.0596 e. The van der Waals surface area contributed by atoms with Gasteiger partial charge < -0.3 is 11.5 Å². The molecular weight excluding hydrogens is 198 g/mol. The molecule has 0 spiro atoms. The van der Waals surface area contributed by atoms with Gasteiger partial charge in [-0.05, 0) is 37.0 Å². The molecule has 0 unspecified atom stereocenters. The zero-order chi connectivity index (χ0) is 11.7. The number of anilines is 2. The van der Waals surface area contributed by atoms with Crippen molar-refractivity contribution in [3.05, 3.63) is 23.3 Å². The van der Waals surface area contributed by atoms with Crippen LogP contribution in [0.15, 0.2) is 12.1 Å². The molecule has 16 heavy (non-hydrogen) atoms. The van der Waals surface area contributed by atoms with Crippen LogP contribution in [0, 0.1) is 0 Å². The van der Waals surface area contributed by atoms with Crippen molar-refractivity contribution >= 4 is 11.4 Å². The van der Waals surface area contributed by atoms with Crippen LogP contribution >= 0.6 is 0 Å². The van der Waals surface area contributed by atoms with E-state index in [-0.39, 0.29) is 0 Å². The van der Waals surface area contributed by atoms with Gasteiger partial charge in [0.05, 0.1) is 11.4 Å². The Bertz CT molecular complexity index is 387. The van der Waals surface area contributed by atoms with Gasteiger partial charge >= 0.3 is 0 Å². The van der Waals surface area contributed by atoms with E-state index in [4.69, 9.17) is 11.5 Å². The average molecular weight is 219 g/mol. The molecule has 1 aromatic carbocycles. The molecule has 1 aromatic rings. The predicted octanol–water partition coefficient (Wildman–Crippen LogP) is 2.01. The third kappa shape index (κ3) is 1.87. The van der Waals surface area contributed by atoms with Gasteiger partial charge in [-0.3, -0.25) is 4.90 Å². The van der Waals surface area contributed by atoms with Crippen molar-refractivity contribution in [3.8, 4) is 0 Å². The molecule has 1 aliphatic rings. The molecule has 88 valence electrons. The van der Waals surface area contributed by atoms with Gasteiger partial charge in [-0.15, -0.1) is 0 Å². The predicted molar refractivity (Wildman–Crippen MR) is 69.1 cm³/mol. The standard InChI is InChI=1S/C13H21N3/c1-3-9(2)16-7-6-10-4-5-12(14)13(15)11(10)8-16/h4-5,9H,3,6-8,14-15H2,1-2H3/t9-/m1/s1. The Labute approximate surface area is 97.4 Å². The number of hydrogen-bond donors (Lipinski definition) is 2. The number of fused-ring (bicyclic) bond motifs is 1. The Hall–Kier alpha value is -1.22. The summed E-state index contributed by atoms with van der Waals surface area (Å²) in [5, 5.41) is 0. The first-order chi connectivity index (χ1) is 7.63. The minimum atomic E-state index is 0.619. The van der Waals surface area contributed by atoms with E-state index in [0.717, 1.165) is 25.2 Å². The molecule has 0 saturated carbocycles. The van der Waals surface area contributed by atoms with Crippen molar-refractivity contribution in [2.24, 2.45) is 0 Å². The van der Waals surface area contributed by atoms with Gasteiger partial charge in [0.2, 0.25) is 0 Å². The van der Waals surface area contributed by atoms with E-state index in [1.54, 1.807) is 0 Å². The minimum Gasteiger partial charge on any atom is -0.397 e. The van der Waals surface area contributed by atoms with Gasteiger partial charge in [-0.1, -0.05) is 13.0 Å². The summed E-state index contributed by atoms with van der Waals surface area (Å²) in [6, 6.07) is 4.66. The maximum absolute atomic E-state index is 6.06. The smallest absolute Gasteiger partial charge is 0.0596 e. The molecule has 1 atom stereocenters. The second-order valence-corrected chi connectivity index (χ2v) is 4.68. The highest BCUT2D eigenvalue weighted by Crippen LogP contribution is 2.29. The fourth-order valence-electron chi connectivity index (χ4n) is 2.33. The average Bonchev–Trinajstić information content (AvgIpc) is 2.32. The summed E-state index contributed by atoms with van der Waals surface area (Å²) in [6.45, 7) is 6.57. The summed E-state index contributed by atoms with van der Waals surface area (Å²) in [5.74, 6) is 0. The van der Waals surface area contributed by atoms with Crippen LogP contribution in [0.3, 0.4) is 0 Å².